The maximum absolute atomic E-state index is 13.1. The first-order chi connectivity index (χ1) is 16.3. The fourth-order valence-corrected chi connectivity index (χ4v) is 3.93. The molecule has 4 rings (SSSR count). The second-order valence-corrected chi connectivity index (χ2v) is 8.31. The number of carbonyl (C=O) groups is 2. The second-order valence-electron chi connectivity index (χ2n) is 7.46. The molecule has 3 amide bonds. The number of nitrogens with one attached hydrogen (secondary N) is 1. The van der Waals surface area contributed by atoms with Gasteiger partial charge in [0.05, 0.1) is 18.1 Å². The molecular weight excluding hydrogens is 510 g/mol. The van der Waals surface area contributed by atoms with Crippen molar-refractivity contribution in [3.63, 3.8) is 0 Å². The van der Waals surface area contributed by atoms with Crippen LogP contribution in [0.2, 0.25) is 0 Å². The Hall–Kier alpha value is -3.72. The van der Waals surface area contributed by atoms with Crippen LogP contribution in [0, 0.1) is 11.6 Å². The summed E-state index contributed by atoms with van der Waals surface area (Å²) in [5, 5.41) is 2.56. The van der Waals surface area contributed by atoms with Crippen LogP contribution in [0.3, 0.4) is 0 Å². The van der Waals surface area contributed by atoms with Crippen molar-refractivity contribution >= 4 is 33.9 Å². The lowest BCUT2D eigenvalue weighted by Gasteiger charge is -2.14. The lowest BCUT2D eigenvalue weighted by atomic mass is 10.1. The van der Waals surface area contributed by atoms with Gasteiger partial charge in [0.2, 0.25) is 0 Å². The van der Waals surface area contributed by atoms with Crippen LogP contribution < -0.4 is 14.8 Å². The molecule has 0 atom stereocenters. The number of nitrogens with zero attached hydrogens (tertiary/aromatic N) is 1. The van der Waals surface area contributed by atoms with E-state index in [0.717, 1.165) is 10.5 Å². The predicted octanol–water partition coefficient (Wildman–Crippen LogP) is 5.41. The zero-order chi connectivity index (χ0) is 24.2. The van der Waals surface area contributed by atoms with E-state index in [1.807, 2.05) is 0 Å². The van der Waals surface area contributed by atoms with Gasteiger partial charge in [-0.25, -0.2) is 13.6 Å². The zero-order valence-corrected chi connectivity index (χ0v) is 19.6. The molecule has 0 saturated carbocycles. The summed E-state index contributed by atoms with van der Waals surface area (Å²) in [5.74, 6) is -0.381. The van der Waals surface area contributed by atoms with Crippen molar-refractivity contribution in [1.82, 2.24) is 10.2 Å². The third-order valence-corrected chi connectivity index (χ3v) is 5.66. The second kappa shape index (κ2) is 10.0. The van der Waals surface area contributed by atoms with E-state index in [9.17, 15) is 18.4 Å². The number of rotatable bonds is 7. The van der Waals surface area contributed by atoms with Gasteiger partial charge >= 0.3 is 6.03 Å². The number of methoxy groups -OCH3 is 1. The molecule has 0 aliphatic carbocycles. The van der Waals surface area contributed by atoms with E-state index in [1.165, 1.54) is 49.6 Å². The Bertz CT molecular complexity index is 1260. The maximum Gasteiger partial charge on any atom is 0.329 e. The largest absolute Gasteiger partial charge is 0.493 e. The van der Waals surface area contributed by atoms with Gasteiger partial charge in [-0.2, -0.15) is 0 Å². The summed E-state index contributed by atoms with van der Waals surface area (Å²) in [6, 6.07) is 14.4. The Balaban J connectivity index is 1.52. The first kappa shape index (κ1) is 23.4. The quantitative estimate of drug-likeness (QED) is 0.329. The van der Waals surface area contributed by atoms with Gasteiger partial charge in [-0.1, -0.05) is 24.3 Å². The molecule has 0 aromatic heterocycles. The van der Waals surface area contributed by atoms with Crippen LogP contribution in [0.15, 0.2) is 70.8 Å². The van der Waals surface area contributed by atoms with E-state index in [2.05, 4.69) is 21.2 Å². The van der Waals surface area contributed by atoms with Crippen LogP contribution in [0.4, 0.5) is 13.6 Å². The SMILES string of the molecule is COc1cc(/C=C2/NC(=O)N(Cc3ccc(F)cc3)C2=O)cc(Br)c1OCc1ccc(F)cc1. The van der Waals surface area contributed by atoms with E-state index in [4.69, 9.17) is 9.47 Å². The maximum atomic E-state index is 13.1. The highest BCUT2D eigenvalue weighted by molar-refractivity contribution is 9.10. The molecule has 174 valence electrons. The predicted molar refractivity (Wildman–Crippen MR) is 125 cm³/mol. The average Bonchev–Trinajstić information content (AvgIpc) is 3.07. The van der Waals surface area contributed by atoms with Crippen molar-refractivity contribution in [1.29, 1.82) is 0 Å². The number of hydrogen-bond donors (Lipinski definition) is 1. The Morgan fingerprint density at radius 2 is 1.59 bits per heavy atom. The molecule has 34 heavy (non-hydrogen) atoms. The topological polar surface area (TPSA) is 67.9 Å². The molecule has 0 unspecified atom stereocenters. The van der Waals surface area contributed by atoms with Gasteiger partial charge in [-0.3, -0.25) is 9.69 Å². The summed E-state index contributed by atoms with van der Waals surface area (Å²) in [4.78, 5) is 26.2. The standard InChI is InChI=1S/C25H19BrF2N2O4/c1-33-22-12-17(10-20(26)23(22)34-14-16-4-8-19(28)9-5-16)11-21-24(31)30(25(32)29-21)13-15-2-6-18(27)7-3-15/h2-12H,13-14H2,1H3,(H,29,32)/b21-11+. The molecule has 1 saturated heterocycles. The number of carbonyl (C=O) groups excluding carboxylic acids is 2. The van der Waals surface area contributed by atoms with Crippen molar-refractivity contribution in [3.8, 4) is 11.5 Å². The minimum atomic E-state index is -0.564. The lowest BCUT2D eigenvalue weighted by Crippen LogP contribution is -2.30. The smallest absolute Gasteiger partial charge is 0.329 e. The molecule has 1 fully saturated rings. The van der Waals surface area contributed by atoms with E-state index in [1.54, 1.807) is 24.3 Å². The van der Waals surface area contributed by atoms with E-state index < -0.39 is 17.8 Å². The number of amides is 3. The Morgan fingerprint density at radius 3 is 2.21 bits per heavy atom. The summed E-state index contributed by atoms with van der Waals surface area (Å²) < 4.78 is 38.1. The molecule has 1 N–H and O–H groups in total. The average molecular weight is 529 g/mol. The van der Waals surface area contributed by atoms with Gasteiger partial charge < -0.3 is 14.8 Å². The van der Waals surface area contributed by atoms with Gasteiger partial charge in [0.15, 0.2) is 11.5 Å². The zero-order valence-electron chi connectivity index (χ0n) is 18.0. The number of ether oxygens (including phenoxy) is 2. The highest BCUT2D eigenvalue weighted by atomic mass is 79.9. The Morgan fingerprint density at radius 1 is 0.971 bits per heavy atom. The summed E-state index contributed by atoms with van der Waals surface area (Å²) in [7, 11) is 1.48. The number of halogens is 3. The first-order valence-electron chi connectivity index (χ1n) is 10.2. The minimum Gasteiger partial charge on any atom is -0.493 e. The molecule has 3 aromatic rings. The fourth-order valence-electron chi connectivity index (χ4n) is 3.35. The highest BCUT2D eigenvalue weighted by Crippen LogP contribution is 2.38. The molecule has 6 nitrogen and oxygen atoms in total. The van der Waals surface area contributed by atoms with E-state index in [0.29, 0.717) is 27.1 Å². The van der Waals surface area contributed by atoms with Gasteiger partial charge in [0, 0.05) is 0 Å². The number of benzene rings is 3. The normalized spacial score (nSPS) is 14.5. The molecule has 1 aliphatic heterocycles. The Labute approximate surface area is 202 Å². The number of hydrogen-bond acceptors (Lipinski definition) is 4. The van der Waals surface area contributed by atoms with Gasteiger partial charge in [-0.15, -0.1) is 0 Å². The monoisotopic (exact) mass is 528 g/mol. The van der Waals surface area contributed by atoms with E-state index >= 15 is 0 Å². The number of imide groups is 1. The first-order valence-corrected chi connectivity index (χ1v) is 11.0. The van der Waals surface area contributed by atoms with Crippen molar-refractivity contribution < 1.29 is 27.8 Å². The van der Waals surface area contributed by atoms with Crippen LogP contribution in [0.25, 0.3) is 6.08 Å². The van der Waals surface area contributed by atoms with E-state index in [-0.39, 0.29) is 24.7 Å². The highest BCUT2D eigenvalue weighted by Gasteiger charge is 2.33. The summed E-state index contributed by atoms with van der Waals surface area (Å²) in [5.41, 5.74) is 2.09. The van der Waals surface area contributed by atoms with Crippen LogP contribution in [-0.2, 0) is 17.9 Å². The molecule has 1 heterocycles. The van der Waals surface area contributed by atoms with Gasteiger partial charge in [-0.05, 0) is 75.1 Å². The third kappa shape index (κ3) is 5.26. The summed E-state index contributed by atoms with van der Waals surface area (Å²) in [6.45, 7) is 0.216. The third-order valence-electron chi connectivity index (χ3n) is 5.08. The fraction of sp³-hybridized carbons (Fsp3) is 0.120. The number of urea groups is 1. The van der Waals surface area contributed by atoms with Crippen LogP contribution in [0.5, 0.6) is 11.5 Å². The molecular formula is C25H19BrF2N2O4. The summed E-state index contributed by atoms with van der Waals surface area (Å²) >= 11 is 3.45. The van der Waals surface area contributed by atoms with Crippen LogP contribution in [-0.4, -0.2) is 23.9 Å². The van der Waals surface area contributed by atoms with Crippen molar-refractivity contribution in [2.45, 2.75) is 13.2 Å². The van der Waals surface area contributed by atoms with Crippen LogP contribution >= 0.6 is 15.9 Å². The molecule has 9 heteroatoms. The molecule has 0 bridgehead atoms. The Kier molecular flexibility index (Phi) is 6.93. The van der Waals surface area contributed by atoms with Crippen molar-refractivity contribution in [3.05, 3.63) is 99.2 Å². The minimum absolute atomic E-state index is 0.0193. The molecule has 3 aromatic carbocycles. The molecule has 0 spiro atoms. The summed E-state index contributed by atoms with van der Waals surface area (Å²) in [6.07, 6.45) is 1.53. The molecule has 0 radical (unpaired) electrons. The van der Waals surface area contributed by atoms with Crippen molar-refractivity contribution in [2.75, 3.05) is 7.11 Å². The van der Waals surface area contributed by atoms with Crippen molar-refractivity contribution in [2.24, 2.45) is 0 Å². The van der Waals surface area contributed by atoms with Gasteiger partial charge in [0.25, 0.3) is 5.91 Å². The van der Waals surface area contributed by atoms with Gasteiger partial charge in [0.1, 0.15) is 23.9 Å². The molecule has 1 aliphatic rings. The van der Waals surface area contributed by atoms with Crippen LogP contribution in [0.1, 0.15) is 16.7 Å². The lowest BCUT2D eigenvalue weighted by molar-refractivity contribution is -0.123.